The Kier molecular flexibility index (Phi) is 3.88. The van der Waals surface area contributed by atoms with Crippen molar-refractivity contribution < 1.29 is 23.9 Å². The fourth-order valence-electron chi connectivity index (χ4n) is 2.02. The summed E-state index contributed by atoms with van der Waals surface area (Å²) in [4.78, 5) is 48.3. The first kappa shape index (κ1) is 14.9. The van der Waals surface area contributed by atoms with E-state index in [4.69, 9.17) is 4.74 Å². The van der Waals surface area contributed by atoms with Gasteiger partial charge < -0.3 is 4.74 Å². The lowest BCUT2D eigenvalue weighted by Gasteiger charge is -2.22. The number of imide groups is 1. The fourth-order valence-corrected chi connectivity index (χ4v) is 2.02. The maximum Gasteiger partial charge on any atom is 0.329 e. The first-order valence-electron chi connectivity index (χ1n) is 6.52. The molecule has 110 valence electrons. The molecule has 2 amide bonds. The monoisotopic (exact) mass is 289 g/mol. The van der Waals surface area contributed by atoms with Gasteiger partial charge in [-0.3, -0.25) is 19.3 Å². The standard InChI is InChI=1S/C15H15NO5/c1-8(15(20)21-10(3)9(2)17)16-13(18)11-6-4-5-7-12(11)14(16)19/h4-8,10H,1-3H3/t8-,10-/m1/s1. The van der Waals surface area contributed by atoms with Gasteiger partial charge in [-0.15, -0.1) is 0 Å². The number of fused-ring (bicyclic) bond motifs is 1. The van der Waals surface area contributed by atoms with Crippen LogP contribution in [0, 0.1) is 0 Å². The molecule has 0 bridgehead atoms. The molecule has 6 nitrogen and oxygen atoms in total. The van der Waals surface area contributed by atoms with Crippen molar-refractivity contribution in [3.05, 3.63) is 35.4 Å². The smallest absolute Gasteiger partial charge is 0.329 e. The van der Waals surface area contributed by atoms with Gasteiger partial charge in [-0.2, -0.15) is 0 Å². The summed E-state index contributed by atoms with van der Waals surface area (Å²) in [5, 5.41) is 0. The van der Waals surface area contributed by atoms with Gasteiger partial charge >= 0.3 is 5.97 Å². The van der Waals surface area contributed by atoms with Gasteiger partial charge in [-0.25, -0.2) is 4.79 Å². The number of ether oxygens (including phenoxy) is 1. The van der Waals surface area contributed by atoms with E-state index in [1.165, 1.54) is 32.9 Å². The minimum absolute atomic E-state index is 0.266. The van der Waals surface area contributed by atoms with E-state index in [1.54, 1.807) is 12.1 Å². The van der Waals surface area contributed by atoms with Crippen molar-refractivity contribution >= 4 is 23.6 Å². The summed E-state index contributed by atoms with van der Waals surface area (Å²) >= 11 is 0. The van der Waals surface area contributed by atoms with E-state index in [9.17, 15) is 19.2 Å². The number of ketones is 1. The normalized spacial score (nSPS) is 16.4. The van der Waals surface area contributed by atoms with Crippen molar-refractivity contribution in [3.8, 4) is 0 Å². The molecule has 0 aliphatic carbocycles. The fraction of sp³-hybridized carbons (Fsp3) is 0.333. The van der Waals surface area contributed by atoms with Crippen molar-refractivity contribution in [2.75, 3.05) is 0 Å². The number of Topliss-reactive ketones (excluding diaryl/α,β-unsaturated/α-hetero) is 1. The van der Waals surface area contributed by atoms with E-state index in [2.05, 4.69) is 0 Å². The zero-order valence-electron chi connectivity index (χ0n) is 12.0. The van der Waals surface area contributed by atoms with E-state index in [0.717, 1.165) is 4.90 Å². The van der Waals surface area contributed by atoms with Gasteiger partial charge in [0.1, 0.15) is 6.04 Å². The first-order valence-corrected chi connectivity index (χ1v) is 6.52. The number of hydrogen-bond donors (Lipinski definition) is 0. The van der Waals surface area contributed by atoms with Crippen LogP contribution in [-0.2, 0) is 14.3 Å². The van der Waals surface area contributed by atoms with E-state index in [0.29, 0.717) is 0 Å². The van der Waals surface area contributed by atoms with Crippen molar-refractivity contribution in [2.45, 2.75) is 32.9 Å². The van der Waals surface area contributed by atoms with Crippen LogP contribution in [0.1, 0.15) is 41.5 Å². The van der Waals surface area contributed by atoms with Gasteiger partial charge in [0.15, 0.2) is 11.9 Å². The molecule has 2 atom stereocenters. The third-order valence-electron chi connectivity index (χ3n) is 3.42. The van der Waals surface area contributed by atoms with Crippen LogP contribution in [0.15, 0.2) is 24.3 Å². The van der Waals surface area contributed by atoms with Crippen LogP contribution in [0.3, 0.4) is 0 Å². The van der Waals surface area contributed by atoms with Crippen LogP contribution < -0.4 is 0 Å². The molecule has 1 heterocycles. The van der Waals surface area contributed by atoms with Crippen LogP contribution in [0.5, 0.6) is 0 Å². The minimum atomic E-state index is -1.08. The summed E-state index contributed by atoms with van der Waals surface area (Å²) in [6.45, 7) is 4.14. The summed E-state index contributed by atoms with van der Waals surface area (Å²) < 4.78 is 4.95. The van der Waals surface area contributed by atoms with Gasteiger partial charge in [-0.05, 0) is 32.9 Å². The van der Waals surface area contributed by atoms with Gasteiger partial charge in [0.05, 0.1) is 11.1 Å². The lowest BCUT2D eigenvalue weighted by molar-refractivity contribution is -0.156. The molecular weight excluding hydrogens is 274 g/mol. The quantitative estimate of drug-likeness (QED) is 0.614. The van der Waals surface area contributed by atoms with Crippen LogP contribution >= 0.6 is 0 Å². The van der Waals surface area contributed by atoms with E-state index in [1.807, 2.05) is 0 Å². The molecule has 0 unspecified atom stereocenters. The van der Waals surface area contributed by atoms with Gasteiger partial charge in [-0.1, -0.05) is 12.1 Å². The summed E-state index contributed by atoms with van der Waals surface area (Å²) in [7, 11) is 0. The molecule has 1 aromatic rings. The summed E-state index contributed by atoms with van der Waals surface area (Å²) in [5.74, 6) is -2.16. The second-order valence-electron chi connectivity index (χ2n) is 4.89. The molecule has 1 aliphatic rings. The lowest BCUT2D eigenvalue weighted by Crippen LogP contribution is -2.45. The van der Waals surface area contributed by atoms with E-state index >= 15 is 0 Å². The van der Waals surface area contributed by atoms with Crippen molar-refractivity contribution in [2.24, 2.45) is 0 Å². The van der Waals surface area contributed by atoms with Gasteiger partial charge in [0, 0.05) is 0 Å². The Balaban J connectivity index is 2.20. The molecule has 1 aliphatic heterocycles. The molecule has 2 rings (SSSR count). The average Bonchev–Trinajstić information content (AvgIpc) is 2.70. The number of carbonyl (C=O) groups excluding carboxylic acids is 4. The number of amides is 2. The molecule has 0 radical (unpaired) electrons. The second-order valence-corrected chi connectivity index (χ2v) is 4.89. The Morgan fingerprint density at radius 2 is 1.52 bits per heavy atom. The predicted octanol–water partition coefficient (Wildman–Crippen LogP) is 1.19. The third kappa shape index (κ3) is 2.56. The number of esters is 1. The highest BCUT2D eigenvalue weighted by Gasteiger charge is 2.41. The number of hydrogen-bond acceptors (Lipinski definition) is 5. The highest BCUT2D eigenvalue weighted by atomic mass is 16.5. The minimum Gasteiger partial charge on any atom is -0.453 e. The first-order chi connectivity index (χ1) is 9.84. The maximum atomic E-state index is 12.2. The zero-order valence-corrected chi connectivity index (χ0v) is 12.0. The second kappa shape index (κ2) is 5.47. The Bertz CT molecular complexity index is 602. The molecule has 0 saturated heterocycles. The molecule has 0 saturated carbocycles. The molecule has 0 spiro atoms. The van der Waals surface area contributed by atoms with Crippen molar-refractivity contribution in [1.82, 2.24) is 4.90 Å². The van der Waals surface area contributed by atoms with Crippen molar-refractivity contribution in [1.29, 1.82) is 0 Å². The molecule has 21 heavy (non-hydrogen) atoms. The number of benzene rings is 1. The third-order valence-corrected chi connectivity index (χ3v) is 3.42. The van der Waals surface area contributed by atoms with Crippen LogP contribution in [-0.4, -0.2) is 40.6 Å². The number of rotatable bonds is 4. The largest absolute Gasteiger partial charge is 0.453 e. The average molecular weight is 289 g/mol. The predicted molar refractivity (Wildman–Crippen MR) is 72.6 cm³/mol. The highest BCUT2D eigenvalue weighted by Crippen LogP contribution is 2.24. The molecule has 0 N–H and O–H groups in total. The SMILES string of the molecule is CC(=O)[C@@H](C)OC(=O)[C@@H](C)N1C(=O)c2ccccc2C1=O. The molecule has 0 fully saturated rings. The number of carbonyl (C=O) groups is 4. The topological polar surface area (TPSA) is 80.8 Å². The maximum absolute atomic E-state index is 12.2. The van der Waals surface area contributed by atoms with Crippen molar-refractivity contribution in [3.63, 3.8) is 0 Å². The Morgan fingerprint density at radius 3 is 1.95 bits per heavy atom. The summed E-state index contributed by atoms with van der Waals surface area (Å²) in [6.07, 6.45) is -0.907. The van der Waals surface area contributed by atoms with Crippen LogP contribution in [0.2, 0.25) is 0 Å². The van der Waals surface area contributed by atoms with Gasteiger partial charge in [0.25, 0.3) is 11.8 Å². The number of nitrogens with zero attached hydrogens (tertiary/aromatic N) is 1. The molecular formula is C15H15NO5. The molecule has 0 aromatic heterocycles. The summed E-state index contributed by atoms with van der Waals surface area (Å²) in [6, 6.07) is 5.28. The van der Waals surface area contributed by atoms with E-state index in [-0.39, 0.29) is 16.9 Å². The van der Waals surface area contributed by atoms with E-state index < -0.39 is 29.9 Å². The van der Waals surface area contributed by atoms with Crippen LogP contribution in [0.4, 0.5) is 0 Å². The molecule has 1 aromatic carbocycles. The Labute approximate surface area is 121 Å². The lowest BCUT2D eigenvalue weighted by atomic mass is 10.1. The summed E-state index contributed by atoms with van der Waals surface area (Å²) in [5.41, 5.74) is 0.531. The zero-order chi connectivity index (χ0) is 15.7. The van der Waals surface area contributed by atoms with Gasteiger partial charge in [0.2, 0.25) is 0 Å². The van der Waals surface area contributed by atoms with Crippen LogP contribution in [0.25, 0.3) is 0 Å². The Morgan fingerprint density at radius 1 is 1.05 bits per heavy atom. The molecule has 6 heteroatoms. The Hall–Kier alpha value is -2.50. The highest BCUT2D eigenvalue weighted by molar-refractivity contribution is 6.22.